The van der Waals surface area contributed by atoms with Crippen LogP contribution in [0.15, 0.2) is 54.6 Å². The molecule has 0 heterocycles. The number of benzene rings is 2. The highest BCUT2D eigenvalue weighted by Crippen LogP contribution is 2.22. The standard InChI is InChI=1S/C18H22FNO/c1-2-6-17(21)13-20-18(14-7-4-3-5-8-14)15-9-11-16(19)12-10-15/h3-5,7-12,17-18,20-21H,2,6,13H2,1H3. The third-order valence-electron chi connectivity index (χ3n) is 3.52. The Balaban J connectivity index is 2.16. The smallest absolute Gasteiger partial charge is 0.123 e. The zero-order valence-corrected chi connectivity index (χ0v) is 12.3. The van der Waals surface area contributed by atoms with Gasteiger partial charge in [-0.05, 0) is 29.7 Å². The molecule has 0 aliphatic heterocycles. The molecule has 0 aliphatic carbocycles. The van der Waals surface area contributed by atoms with E-state index in [2.05, 4.69) is 12.2 Å². The van der Waals surface area contributed by atoms with E-state index in [4.69, 9.17) is 0 Å². The average Bonchev–Trinajstić information content (AvgIpc) is 2.50. The molecule has 0 radical (unpaired) electrons. The van der Waals surface area contributed by atoms with E-state index in [-0.39, 0.29) is 18.0 Å². The van der Waals surface area contributed by atoms with Gasteiger partial charge in [0, 0.05) is 6.54 Å². The predicted molar refractivity (Wildman–Crippen MR) is 83.6 cm³/mol. The van der Waals surface area contributed by atoms with Crippen molar-refractivity contribution in [3.63, 3.8) is 0 Å². The van der Waals surface area contributed by atoms with Crippen molar-refractivity contribution >= 4 is 0 Å². The Labute approximate surface area is 125 Å². The Morgan fingerprint density at radius 3 is 2.24 bits per heavy atom. The third kappa shape index (κ3) is 4.66. The summed E-state index contributed by atoms with van der Waals surface area (Å²) in [6.07, 6.45) is 1.37. The minimum atomic E-state index is -0.360. The lowest BCUT2D eigenvalue weighted by molar-refractivity contribution is 0.158. The van der Waals surface area contributed by atoms with Crippen LogP contribution in [0, 0.1) is 5.82 Å². The topological polar surface area (TPSA) is 32.3 Å². The molecule has 21 heavy (non-hydrogen) atoms. The molecule has 2 rings (SSSR count). The summed E-state index contributed by atoms with van der Waals surface area (Å²) >= 11 is 0. The summed E-state index contributed by atoms with van der Waals surface area (Å²) in [7, 11) is 0. The van der Waals surface area contributed by atoms with E-state index in [1.165, 1.54) is 12.1 Å². The van der Waals surface area contributed by atoms with Gasteiger partial charge in [-0.15, -0.1) is 0 Å². The second-order valence-electron chi connectivity index (χ2n) is 5.25. The number of halogens is 1. The molecule has 2 atom stereocenters. The van der Waals surface area contributed by atoms with E-state index in [1.54, 1.807) is 12.1 Å². The molecule has 2 nitrogen and oxygen atoms in total. The molecular formula is C18H22FNO. The van der Waals surface area contributed by atoms with Crippen LogP contribution in [0.1, 0.15) is 36.9 Å². The first kappa shape index (κ1) is 15.7. The van der Waals surface area contributed by atoms with Crippen molar-refractivity contribution in [3.8, 4) is 0 Å². The van der Waals surface area contributed by atoms with Crippen molar-refractivity contribution < 1.29 is 9.50 Å². The summed E-state index contributed by atoms with van der Waals surface area (Å²) in [5.74, 6) is -0.239. The van der Waals surface area contributed by atoms with Crippen LogP contribution in [0.25, 0.3) is 0 Å². The quantitative estimate of drug-likeness (QED) is 0.814. The summed E-state index contributed by atoms with van der Waals surface area (Å²) in [6, 6.07) is 16.5. The molecule has 0 bridgehead atoms. The minimum Gasteiger partial charge on any atom is -0.392 e. The van der Waals surface area contributed by atoms with Gasteiger partial charge in [0.25, 0.3) is 0 Å². The molecule has 0 fully saturated rings. The molecule has 0 amide bonds. The van der Waals surface area contributed by atoms with Gasteiger partial charge < -0.3 is 10.4 Å². The van der Waals surface area contributed by atoms with Gasteiger partial charge in [-0.3, -0.25) is 0 Å². The first-order chi connectivity index (χ1) is 10.2. The number of aliphatic hydroxyl groups excluding tert-OH is 1. The molecule has 3 heteroatoms. The van der Waals surface area contributed by atoms with Crippen molar-refractivity contribution in [1.82, 2.24) is 5.32 Å². The molecule has 2 unspecified atom stereocenters. The van der Waals surface area contributed by atoms with E-state index in [9.17, 15) is 9.50 Å². The fourth-order valence-corrected chi connectivity index (χ4v) is 2.42. The number of hydrogen-bond acceptors (Lipinski definition) is 2. The summed E-state index contributed by atoms with van der Waals surface area (Å²) < 4.78 is 13.1. The number of rotatable bonds is 7. The van der Waals surface area contributed by atoms with Crippen LogP contribution in [-0.2, 0) is 0 Å². The van der Waals surface area contributed by atoms with Gasteiger partial charge in [0.2, 0.25) is 0 Å². The highest BCUT2D eigenvalue weighted by Gasteiger charge is 2.15. The lowest BCUT2D eigenvalue weighted by atomic mass is 9.98. The first-order valence-corrected chi connectivity index (χ1v) is 7.42. The van der Waals surface area contributed by atoms with Gasteiger partial charge in [-0.25, -0.2) is 4.39 Å². The monoisotopic (exact) mass is 287 g/mol. The maximum atomic E-state index is 13.1. The molecule has 0 aliphatic rings. The maximum Gasteiger partial charge on any atom is 0.123 e. The van der Waals surface area contributed by atoms with Crippen molar-refractivity contribution in [3.05, 3.63) is 71.5 Å². The van der Waals surface area contributed by atoms with E-state index in [0.717, 1.165) is 24.0 Å². The molecule has 2 aromatic rings. The number of aliphatic hydroxyl groups is 1. The number of nitrogens with one attached hydrogen (secondary N) is 1. The Kier molecular flexibility index (Phi) is 5.90. The molecule has 0 saturated carbocycles. The largest absolute Gasteiger partial charge is 0.392 e. The van der Waals surface area contributed by atoms with Crippen LogP contribution in [-0.4, -0.2) is 17.8 Å². The molecular weight excluding hydrogens is 265 g/mol. The second-order valence-corrected chi connectivity index (χ2v) is 5.25. The van der Waals surface area contributed by atoms with Gasteiger partial charge >= 0.3 is 0 Å². The van der Waals surface area contributed by atoms with Crippen molar-refractivity contribution in [2.75, 3.05) is 6.54 Å². The van der Waals surface area contributed by atoms with Gasteiger partial charge in [-0.2, -0.15) is 0 Å². The summed E-state index contributed by atoms with van der Waals surface area (Å²) in [6.45, 7) is 2.57. The van der Waals surface area contributed by atoms with E-state index >= 15 is 0 Å². The highest BCUT2D eigenvalue weighted by atomic mass is 19.1. The average molecular weight is 287 g/mol. The molecule has 2 aromatic carbocycles. The Bertz CT molecular complexity index is 527. The third-order valence-corrected chi connectivity index (χ3v) is 3.52. The van der Waals surface area contributed by atoms with Crippen LogP contribution in [0.4, 0.5) is 4.39 Å². The summed E-state index contributed by atoms with van der Waals surface area (Å²) in [5, 5.41) is 13.3. The van der Waals surface area contributed by atoms with Crippen LogP contribution < -0.4 is 5.32 Å². The Morgan fingerprint density at radius 1 is 1.00 bits per heavy atom. The van der Waals surface area contributed by atoms with Gasteiger partial charge in [-0.1, -0.05) is 55.8 Å². The summed E-state index contributed by atoms with van der Waals surface area (Å²) in [5.41, 5.74) is 2.10. The van der Waals surface area contributed by atoms with E-state index in [1.807, 2.05) is 30.3 Å². The fourth-order valence-electron chi connectivity index (χ4n) is 2.42. The predicted octanol–water partition coefficient (Wildman–Crippen LogP) is 3.67. The van der Waals surface area contributed by atoms with Crippen LogP contribution >= 0.6 is 0 Å². The molecule has 0 aromatic heterocycles. The van der Waals surface area contributed by atoms with Gasteiger partial charge in [0.1, 0.15) is 5.82 Å². The molecule has 0 saturated heterocycles. The Hall–Kier alpha value is -1.71. The number of hydrogen-bond donors (Lipinski definition) is 2. The zero-order chi connectivity index (χ0) is 15.1. The zero-order valence-electron chi connectivity index (χ0n) is 12.3. The Morgan fingerprint density at radius 2 is 1.62 bits per heavy atom. The summed E-state index contributed by atoms with van der Waals surface area (Å²) in [4.78, 5) is 0. The lowest BCUT2D eigenvalue weighted by Crippen LogP contribution is -2.31. The van der Waals surface area contributed by atoms with Crippen molar-refractivity contribution in [2.45, 2.75) is 31.9 Å². The molecule has 2 N–H and O–H groups in total. The van der Waals surface area contributed by atoms with Crippen LogP contribution in [0.3, 0.4) is 0 Å². The maximum absolute atomic E-state index is 13.1. The fraction of sp³-hybridized carbons (Fsp3) is 0.333. The molecule has 0 spiro atoms. The van der Waals surface area contributed by atoms with Crippen LogP contribution in [0.5, 0.6) is 0 Å². The van der Waals surface area contributed by atoms with E-state index < -0.39 is 0 Å². The first-order valence-electron chi connectivity index (χ1n) is 7.42. The molecule has 112 valence electrons. The SMILES string of the molecule is CCCC(O)CNC(c1ccccc1)c1ccc(F)cc1. The lowest BCUT2D eigenvalue weighted by Gasteiger charge is -2.21. The van der Waals surface area contributed by atoms with Gasteiger partial charge in [0.15, 0.2) is 0 Å². The van der Waals surface area contributed by atoms with Crippen molar-refractivity contribution in [1.29, 1.82) is 0 Å². The second kappa shape index (κ2) is 7.91. The van der Waals surface area contributed by atoms with E-state index in [0.29, 0.717) is 6.54 Å². The van der Waals surface area contributed by atoms with Gasteiger partial charge in [0.05, 0.1) is 12.1 Å². The highest BCUT2D eigenvalue weighted by molar-refractivity contribution is 5.31. The minimum absolute atomic E-state index is 0.0432. The normalized spacial score (nSPS) is 13.9. The van der Waals surface area contributed by atoms with Crippen molar-refractivity contribution in [2.24, 2.45) is 0 Å². The van der Waals surface area contributed by atoms with Crippen LogP contribution in [0.2, 0.25) is 0 Å².